The van der Waals surface area contributed by atoms with Crippen LogP contribution in [0.5, 0.6) is 0 Å². The van der Waals surface area contributed by atoms with E-state index in [1.807, 2.05) is 43.3 Å². The Morgan fingerprint density at radius 3 is 2.53 bits per heavy atom. The van der Waals surface area contributed by atoms with Gasteiger partial charge in [0.15, 0.2) is 0 Å². The van der Waals surface area contributed by atoms with E-state index in [4.69, 9.17) is 11.6 Å². The Balaban J connectivity index is 1.61. The third-order valence-electron chi connectivity index (χ3n) is 5.85. The second-order valence-corrected chi connectivity index (χ2v) is 10.3. The summed E-state index contributed by atoms with van der Waals surface area (Å²) in [4.78, 5) is 17.4. The predicted molar refractivity (Wildman–Crippen MR) is 124 cm³/mol. The number of rotatable bonds is 6. The molecule has 2 aromatic carbocycles. The lowest BCUT2D eigenvalue weighted by Gasteiger charge is -2.20. The molecule has 0 aliphatic carbocycles. The van der Waals surface area contributed by atoms with Crippen molar-refractivity contribution in [1.29, 1.82) is 0 Å². The molecule has 2 unspecified atom stereocenters. The van der Waals surface area contributed by atoms with Gasteiger partial charge in [-0.15, -0.1) is 0 Å². The monoisotopic (exact) mass is 469 g/mol. The molecule has 6 nitrogen and oxygen atoms in total. The first-order chi connectivity index (χ1) is 15.4. The minimum atomic E-state index is -3.76. The van der Waals surface area contributed by atoms with E-state index in [9.17, 15) is 13.2 Å². The Morgan fingerprint density at radius 2 is 1.84 bits per heavy atom. The average molecular weight is 470 g/mol. The molecule has 3 aromatic rings. The summed E-state index contributed by atoms with van der Waals surface area (Å²) >= 11 is 5.93. The molecule has 4 rings (SSSR count). The number of carbonyl (C=O) groups is 1. The summed E-state index contributed by atoms with van der Waals surface area (Å²) in [6, 6.07) is 17.6. The second-order valence-electron chi connectivity index (χ2n) is 7.92. The number of hydrogen-bond acceptors (Lipinski definition) is 4. The van der Waals surface area contributed by atoms with Gasteiger partial charge in [0, 0.05) is 43.0 Å². The number of nitrogens with zero attached hydrogens (tertiary/aromatic N) is 2. The van der Waals surface area contributed by atoms with Crippen LogP contribution < -0.4 is 5.32 Å². The lowest BCUT2D eigenvalue weighted by atomic mass is 9.86. The van der Waals surface area contributed by atoms with Crippen LogP contribution in [-0.4, -0.2) is 36.7 Å². The smallest absolute Gasteiger partial charge is 0.243 e. The third kappa shape index (κ3) is 4.70. The number of nitrogens with one attached hydrogen (secondary N) is 1. The molecule has 2 heterocycles. The Bertz CT molecular complexity index is 1200. The van der Waals surface area contributed by atoms with Crippen molar-refractivity contribution >= 4 is 27.5 Å². The summed E-state index contributed by atoms with van der Waals surface area (Å²) in [5, 5.41) is 3.43. The number of hydrogen-bond donors (Lipinski definition) is 1. The molecule has 1 fully saturated rings. The highest BCUT2D eigenvalue weighted by atomic mass is 35.5. The Kier molecular flexibility index (Phi) is 6.60. The van der Waals surface area contributed by atoms with Crippen molar-refractivity contribution in [2.75, 3.05) is 13.1 Å². The molecule has 166 valence electrons. The number of benzene rings is 2. The number of aryl methyl sites for hydroxylation is 1. The van der Waals surface area contributed by atoms with Gasteiger partial charge in [0.2, 0.25) is 15.9 Å². The van der Waals surface area contributed by atoms with Gasteiger partial charge in [0.25, 0.3) is 0 Å². The highest BCUT2D eigenvalue weighted by Crippen LogP contribution is 2.37. The molecule has 8 heteroatoms. The number of sulfonamides is 1. The highest BCUT2D eigenvalue weighted by molar-refractivity contribution is 7.89. The Hall–Kier alpha value is -2.74. The van der Waals surface area contributed by atoms with Gasteiger partial charge in [-0.1, -0.05) is 41.9 Å². The number of aromatic nitrogens is 1. The van der Waals surface area contributed by atoms with E-state index in [-0.39, 0.29) is 29.8 Å². The quantitative estimate of drug-likeness (QED) is 0.596. The van der Waals surface area contributed by atoms with Gasteiger partial charge >= 0.3 is 0 Å². The normalized spacial score (nSPS) is 19.1. The average Bonchev–Trinajstić information content (AvgIpc) is 3.25. The first-order valence-corrected chi connectivity index (χ1v) is 12.2. The zero-order chi connectivity index (χ0) is 22.7. The number of carbonyl (C=O) groups excluding carboxylic acids is 1. The van der Waals surface area contributed by atoms with Gasteiger partial charge in [-0.05, 0) is 53.9 Å². The van der Waals surface area contributed by atoms with Gasteiger partial charge < -0.3 is 5.32 Å². The number of halogens is 1. The maximum absolute atomic E-state index is 13.3. The minimum Gasteiger partial charge on any atom is -0.352 e. The van der Waals surface area contributed by atoms with E-state index >= 15 is 0 Å². The Labute approximate surface area is 193 Å². The molecule has 1 amide bonds. The first kappa shape index (κ1) is 22.5. The van der Waals surface area contributed by atoms with Crippen LogP contribution in [0.4, 0.5) is 0 Å². The van der Waals surface area contributed by atoms with Crippen molar-refractivity contribution in [3.63, 3.8) is 0 Å². The molecule has 0 spiro atoms. The zero-order valence-electron chi connectivity index (χ0n) is 17.6. The van der Waals surface area contributed by atoms with E-state index in [1.165, 1.54) is 16.4 Å². The maximum atomic E-state index is 13.3. The van der Waals surface area contributed by atoms with Crippen LogP contribution in [-0.2, 0) is 21.4 Å². The van der Waals surface area contributed by atoms with E-state index in [1.54, 1.807) is 24.5 Å². The van der Waals surface area contributed by atoms with E-state index in [0.717, 1.165) is 16.7 Å². The van der Waals surface area contributed by atoms with Crippen LogP contribution in [0.3, 0.4) is 0 Å². The summed E-state index contributed by atoms with van der Waals surface area (Å²) in [5.41, 5.74) is 2.91. The molecule has 1 saturated heterocycles. The fraction of sp³-hybridized carbons (Fsp3) is 0.250. The summed E-state index contributed by atoms with van der Waals surface area (Å²) < 4.78 is 28.0. The van der Waals surface area contributed by atoms with Gasteiger partial charge in [-0.3, -0.25) is 9.78 Å². The van der Waals surface area contributed by atoms with Crippen LogP contribution in [0.2, 0.25) is 5.02 Å². The molecule has 1 aromatic heterocycles. The van der Waals surface area contributed by atoms with Crippen molar-refractivity contribution in [2.45, 2.75) is 24.3 Å². The number of amides is 1. The molecule has 0 saturated carbocycles. The largest absolute Gasteiger partial charge is 0.352 e. The van der Waals surface area contributed by atoms with Crippen molar-refractivity contribution in [3.05, 3.63) is 94.8 Å². The van der Waals surface area contributed by atoms with E-state index < -0.39 is 15.9 Å². The van der Waals surface area contributed by atoms with Crippen LogP contribution >= 0.6 is 11.6 Å². The molecule has 0 bridgehead atoms. The predicted octanol–water partition coefficient (Wildman–Crippen LogP) is 3.76. The summed E-state index contributed by atoms with van der Waals surface area (Å²) in [6.45, 7) is 2.67. The first-order valence-electron chi connectivity index (χ1n) is 10.3. The molecule has 0 radical (unpaired) electrons. The Morgan fingerprint density at radius 1 is 1.09 bits per heavy atom. The topological polar surface area (TPSA) is 79.4 Å². The van der Waals surface area contributed by atoms with Gasteiger partial charge in [-0.25, -0.2) is 8.42 Å². The van der Waals surface area contributed by atoms with Gasteiger partial charge in [0.1, 0.15) is 0 Å². The van der Waals surface area contributed by atoms with Crippen molar-refractivity contribution in [1.82, 2.24) is 14.6 Å². The second kappa shape index (κ2) is 9.40. The van der Waals surface area contributed by atoms with E-state index in [0.29, 0.717) is 11.6 Å². The SMILES string of the molecule is Cc1ccccc1C1CN(S(=O)(=O)c2ccc(Cl)cc2)CC1C(=O)NCc1cccnc1. The van der Waals surface area contributed by atoms with Crippen molar-refractivity contribution < 1.29 is 13.2 Å². The van der Waals surface area contributed by atoms with Crippen LogP contribution in [0.1, 0.15) is 22.6 Å². The highest BCUT2D eigenvalue weighted by Gasteiger charge is 2.43. The molecule has 1 aliphatic rings. The lowest BCUT2D eigenvalue weighted by molar-refractivity contribution is -0.125. The fourth-order valence-electron chi connectivity index (χ4n) is 4.13. The number of pyridine rings is 1. The van der Waals surface area contributed by atoms with Crippen molar-refractivity contribution in [2.24, 2.45) is 5.92 Å². The van der Waals surface area contributed by atoms with Crippen LogP contribution in [0, 0.1) is 12.8 Å². The molecule has 1 N–H and O–H groups in total. The summed E-state index contributed by atoms with van der Waals surface area (Å²) in [5.74, 6) is -0.919. The molecule has 1 aliphatic heterocycles. The zero-order valence-corrected chi connectivity index (χ0v) is 19.2. The van der Waals surface area contributed by atoms with Crippen LogP contribution in [0.15, 0.2) is 78.0 Å². The minimum absolute atomic E-state index is 0.114. The summed E-state index contributed by atoms with van der Waals surface area (Å²) in [6.07, 6.45) is 3.38. The van der Waals surface area contributed by atoms with Crippen molar-refractivity contribution in [3.8, 4) is 0 Å². The fourth-order valence-corrected chi connectivity index (χ4v) is 5.74. The standard InChI is InChI=1S/C24H24ClN3O3S/c1-17-5-2-3-7-21(17)22-15-28(32(30,31)20-10-8-19(25)9-11-20)16-23(22)24(29)27-14-18-6-4-12-26-13-18/h2-13,22-23H,14-16H2,1H3,(H,27,29). The molecular weight excluding hydrogens is 446 g/mol. The molecular formula is C24H24ClN3O3S. The van der Waals surface area contributed by atoms with Gasteiger partial charge in [0.05, 0.1) is 10.8 Å². The summed E-state index contributed by atoms with van der Waals surface area (Å²) in [7, 11) is -3.76. The maximum Gasteiger partial charge on any atom is 0.243 e. The lowest BCUT2D eigenvalue weighted by Crippen LogP contribution is -2.35. The molecule has 2 atom stereocenters. The molecule has 32 heavy (non-hydrogen) atoms. The van der Waals surface area contributed by atoms with Crippen LogP contribution in [0.25, 0.3) is 0 Å². The third-order valence-corrected chi connectivity index (χ3v) is 7.95. The van der Waals surface area contributed by atoms with Gasteiger partial charge in [-0.2, -0.15) is 4.31 Å². The van der Waals surface area contributed by atoms with E-state index in [2.05, 4.69) is 10.3 Å².